The number of nitrogens with zero attached hydrogens (tertiary/aromatic N) is 1. The Morgan fingerprint density at radius 2 is 2.17 bits per heavy atom. The number of piperazine rings is 1. The Morgan fingerprint density at radius 1 is 1.35 bits per heavy atom. The fourth-order valence-corrected chi connectivity index (χ4v) is 3.07. The maximum atomic E-state index is 13.5. The summed E-state index contributed by atoms with van der Waals surface area (Å²) in [5, 5.41) is 3.23. The Hall–Kier alpha value is -1.99. The molecule has 2 N–H and O–H groups in total. The van der Waals surface area contributed by atoms with Crippen LogP contribution in [0.15, 0.2) is 45.8 Å². The standard InChI is InChI=1S/C16H15BrFN3O2/c17-13-7-11(8-20-15(13)22)16(23)21-5-4-19-9-14(21)10-2-1-3-12(18)6-10/h1-3,6-8,14,19H,4-5,9H2,(H,20,22). The average molecular weight is 380 g/mol. The molecular weight excluding hydrogens is 365 g/mol. The molecule has 0 aliphatic carbocycles. The molecule has 1 aromatic carbocycles. The summed E-state index contributed by atoms with van der Waals surface area (Å²) in [6, 6.07) is 7.53. The second-order valence-electron chi connectivity index (χ2n) is 5.34. The van der Waals surface area contributed by atoms with Gasteiger partial charge in [0.25, 0.3) is 11.5 Å². The third-order valence-electron chi connectivity index (χ3n) is 3.84. The van der Waals surface area contributed by atoms with Crippen molar-refractivity contribution in [2.45, 2.75) is 6.04 Å². The van der Waals surface area contributed by atoms with Gasteiger partial charge in [-0.1, -0.05) is 12.1 Å². The number of pyridine rings is 1. The molecule has 1 atom stereocenters. The van der Waals surface area contributed by atoms with Crippen molar-refractivity contribution in [2.24, 2.45) is 0 Å². The molecule has 0 spiro atoms. The van der Waals surface area contributed by atoms with Gasteiger partial charge < -0.3 is 15.2 Å². The molecule has 1 unspecified atom stereocenters. The van der Waals surface area contributed by atoms with E-state index in [0.717, 1.165) is 5.56 Å². The van der Waals surface area contributed by atoms with Crippen molar-refractivity contribution in [3.63, 3.8) is 0 Å². The Kier molecular flexibility index (Phi) is 4.58. The quantitative estimate of drug-likeness (QED) is 0.839. The van der Waals surface area contributed by atoms with E-state index in [1.807, 2.05) is 6.07 Å². The molecule has 7 heteroatoms. The van der Waals surface area contributed by atoms with Crippen LogP contribution in [0, 0.1) is 5.82 Å². The summed E-state index contributed by atoms with van der Waals surface area (Å²) >= 11 is 3.13. The number of hydrogen-bond donors (Lipinski definition) is 2. The third kappa shape index (κ3) is 3.35. The van der Waals surface area contributed by atoms with Gasteiger partial charge in [0.05, 0.1) is 16.1 Å². The second kappa shape index (κ2) is 6.64. The molecule has 1 aliphatic heterocycles. The molecule has 5 nitrogen and oxygen atoms in total. The average Bonchev–Trinajstić information content (AvgIpc) is 2.57. The number of benzene rings is 1. The molecule has 1 aliphatic rings. The van der Waals surface area contributed by atoms with Crippen LogP contribution in [0.1, 0.15) is 22.0 Å². The van der Waals surface area contributed by atoms with Gasteiger partial charge in [0.1, 0.15) is 5.82 Å². The van der Waals surface area contributed by atoms with Gasteiger partial charge in [-0.15, -0.1) is 0 Å². The predicted octanol–water partition coefficient (Wildman–Crippen LogP) is 2.06. The minimum atomic E-state index is -0.327. The zero-order valence-corrected chi connectivity index (χ0v) is 13.8. The van der Waals surface area contributed by atoms with Crippen LogP contribution >= 0.6 is 15.9 Å². The highest BCUT2D eigenvalue weighted by Crippen LogP contribution is 2.25. The van der Waals surface area contributed by atoms with Crippen molar-refractivity contribution in [2.75, 3.05) is 19.6 Å². The summed E-state index contributed by atoms with van der Waals surface area (Å²) in [5.41, 5.74) is 0.845. The molecule has 2 aromatic rings. The van der Waals surface area contributed by atoms with E-state index in [1.54, 1.807) is 11.0 Å². The number of hydrogen-bond acceptors (Lipinski definition) is 3. The molecule has 1 fully saturated rings. The Bertz CT molecular complexity index is 793. The van der Waals surface area contributed by atoms with E-state index in [1.165, 1.54) is 24.4 Å². The molecule has 0 bridgehead atoms. The van der Waals surface area contributed by atoms with Gasteiger partial charge >= 0.3 is 0 Å². The maximum Gasteiger partial charge on any atom is 0.262 e. The predicted molar refractivity (Wildman–Crippen MR) is 87.8 cm³/mol. The zero-order chi connectivity index (χ0) is 16.4. The summed E-state index contributed by atoms with van der Waals surface area (Å²) in [4.78, 5) is 28.4. The van der Waals surface area contributed by atoms with Crippen molar-refractivity contribution in [1.29, 1.82) is 0 Å². The van der Waals surface area contributed by atoms with E-state index in [-0.39, 0.29) is 23.3 Å². The number of carbonyl (C=O) groups excluding carboxylic acids is 1. The normalized spacial score (nSPS) is 18.0. The van der Waals surface area contributed by atoms with Gasteiger partial charge in [0, 0.05) is 25.8 Å². The molecule has 1 saturated heterocycles. The van der Waals surface area contributed by atoms with Gasteiger partial charge in [0.2, 0.25) is 0 Å². The fourth-order valence-electron chi connectivity index (χ4n) is 2.70. The van der Waals surface area contributed by atoms with Crippen LogP contribution in [-0.4, -0.2) is 35.4 Å². The van der Waals surface area contributed by atoms with Gasteiger partial charge in [-0.2, -0.15) is 0 Å². The number of H-pyrrole nitrogens is 1. The SMILES string of the molecule is O=C(c1c[nH]c(=O)c(Br)c1)N1CCNCC1c1cccc(F)c1. The summed E-state index contributed by atoms with van der Waals surface area (Å²) in [6.45, 7) is 1.73. The van der Waals surface area contributed by atoms with E-state index in [2.05, 4.69) is 26.2 Å². The van der Waals surface area contributed by atoms with Crippen LogP contribution in [0.25, 0.3) is 0 Å². The number of aromatic nitrogens is 1. The zero-order valence-electron chi connectivity index (χ0n) is 12.2. The number of amides is 1. The van der Waals surface area contributed by atoms with Gasteiger partial charge in [-0.05, 0) is 39.7 Å². The summed E-state index contributed by atoms with van der Waals surface area (Å²) in [7, 11) is 0. The first-order valence-corrected chi connectivity index (χ1v) is 8.01. The second-order valence-corrected chi connectivity index (χ2v) is 6.19. The molecule has 0 saturated carbocycles. The Balaban J connectivity index is 1.93. The van der Waals surface area contributed by atoms with E-state index >= 15 is 0 Å². The van der Waals surface area contributed by atoms with Crippen molar-refractivity contribution in [3.8, 4) is 0 Å². The number of aromatic amines is 1. The Morgan fingerprint density at radius 3 is 2.91 bits per heavy atom. The van der Waals surface area contributed by atoms with Crippen LogP contribution in [0.2, 0.25) is 0 Å². The maximum absolute atomic E-state index is 13.5. The molecule has 2 heterocycles. The lowest BCUT2D eigenvalue weighted by molar-refractivity contribution is 0.0633. The van der Waals surface area contributed by atoms with Gasteiger partial charge in [-0.3, -0.25) is 9.59 Å². The van der Waals surface area contributed by atoms with Gasteiger partial charge in [0.15, 0.2) is 0 Å². The number of rotatable bonds is 2. The van der Waals surface area contributed by atoms with Crippen molar-refractivity contribution < 1.29 is 9.18 Å². The van der Waals surface area contributed by atoms with E-state index in [4.69, 9.17) is 0 Å². The highest BCUT2D eigenvalue weighted by molar-refractivity contribution is 9.10. The van der Waals surface area contributed by atoms with Crippen LogP contribution in [0.3, 0.4) is 0 Å². The smallest absolute Gasteiger partial charge is 0.262 e. The van der Waals surface area contributed by atoms with E-state index in [9.17, 15) is 14.0 Å². The van der Waals surface area contributed by atoms with E-state index < -0.39 is 0 Å². The monoisotopic (exact) mass is 379 g/mol. The first-order chi connectivity index (χ1) is 11.1. The van der Waals surface area contributed by atoms with Crippen LogP contribution in [0.5, 0.6) is 0 Å². The number of carbonyl (C=O) groups is 1. The Labute approximate surface area is 140 Å². The number of nitrogens with one attached hydrogen (secondary N) is 2. The fraction of sp³-hybridized carbons (Fsp3) is 0.250. The molecule has 1 aromatic heterocycles. The van der Waals surface area contributed by atoms with Crippen LogP contribution in [-0.2, 0) is 0 Å². The minimum absolute atomic E-state index is 0.197. The lowest BCUT2D eigenvalue weighted by Gasteiger charge is -2.36. The lowest BCUT2D eigenvalue weighted by Crippen LogP contribution is -2.48. The van der Waals surface area contributed by atoms with Gasteiger partial charge in [-0.25, -0.2) is 4.39 Å². The topological polar surface area (TPSA) is 65.2 Å². The lowest BCUT2D eigenvalue weighted by atomic mass is 10.0. The van der Waals surface area contributed by atoms with E-state index in [0.29, 0.717) is 29.7 Å². The molecule has 120 valence electrons. The highest BCUT2D eigenvalue weighted by Gasteiger charge is 2.29. The first-order valence-electron chi connectivity index (χ1n) is 7.21. The molecule has 0 radical (unpaired) electrons. The third-order valence-corrected chi connectivity index (χ3v) is 4.43. The highest BCUT2D eigenvalue weighted by atomic mass is 79.9. The van der Waals surface area contributed by atoms with Crippen molar-refractivity contribution >= 4 is 21.8 Å². The largest absolute Gasteiger partial charge is 0.329 e. The molecule has 3 rings (SSSR count). The summed E-state index contributed by atoms with van der Waals surface area (Å²) in [5.74, 6) is -0.523. The summed E-state index contributed by atoms with van der Waals surface area (Å²) in [6.07, 6.45) is 1.40. The first kappa shape index (κ1) is 15.9. The van der Waals surface area contributed by atoms with Crippen LogP contribution < -0.4 is 10.9 Å². The molecule has 1 amide bonds. The molecular formula is C16H15BrFN3O2. The minimum Gasteiger partial charge on any atom is -0.329 e. The number of halogens is 2. The van der Waals surface area contributed by atoms with Crippen LogP contribution in [0.4, 0.5) is 4.39 Å². The van der Waals surface area contributed by atoms with Crippen molar-refractivity contribution in [1.82, 2.24) is 15.2 Å². The molecule has 23 heavy (non-hydrogen) atoms. The van der Waals surface area contributed by atoms with Crippen molar-refractivity contribution in [3.05, 3.63) is 68.3 Å². The summed E-state index contributed by atoms with van der Waals surface area (Å²) < 4.78 is 13.8.